The molecule has 0 spiro atoms. The molecule has 9 heteroatoms. The maximum atomic E-state index is 13.5. The Morgan fingerprint density at radius 3 is 2.58 bits per heavy atom. The predicted octanol–water partition coefficient (Wildman–Crippen LogP) is 4.28. The second-order valence-corrected chi connectivity index (χ2v) is 7.50. The minimum atomic E-state index is -0.660. The molecule has 4 heterocycles. The van der Waals surface area contributed by atoms with E-state index in [1.165, 1.54) is 12.1 Å². The fraction of sp³-hybridized carbons (Fsp3) is 0.167. The molecule has 0 radical (unpaired) electrons. The van der Waals surface area contributed by atoms with E-state index in [0.717, 1.165) is 16.8 Å². The van der Waals surface area contributed by atoms with Crippen molar-refractivity contribution in [3.8, 4) is 22.6 Å². The molecule has 4 aromatic rings. The third-order valence-corrected chi connectivity index (χ3v) is 5.01. The fourth-order valence-corrected chi connectivity index (χ4v) is 3.40. The molecular weight excluding hydrogens is 423 g/mol. The Morgan fingerprint density at radius 1 is 1.00 bits per heavy atom. The van der Waals surface area contributed by atoms with Gasteiger partial charge in [-0.05, 0) is 48.0 Å². The smallest absolute Gasteiger partial charge is 0.223 e. The molecule has 1 aliphatic heterocycles. The highest BCUT2D eigenvalue weighted by atomic mass is 19.1. The summed E-state index contributed by atoms with van der Waals surface area (Å²) in [6.45, 7) is 5.14. The molecule has 0 atom stereocenters. The summed E-state index contributed by atoms with van der Waals surface area (Å²) in [4.78, 5) is 21.2. The van der Waals surface area contributed by atoms with Gasteiger partial charge in [0, 0.05) is 18.0 Å². The lowest BCUT2D eigenvalue weighted by atomic mass is 10.1. The Hall–Kier alpha value is -3.95. The van der Waals surface area contributed by atoms with Crippen molar-refractivity contribution in [2.75, 3.05) is 18.5 Å². The van der Waals surface area contributed by atoms with Crippen LogP contribution in [-0.4, -0.2) is 38.1 Å². The highest BCUT2D eigenvalue weighted by Gasteiger charge is 2.25. The van der Waals surface area contributed by atoms with Crippen LogP contribution < -0.4 is 5.32 Å². The molecule has 0 unspecified atom stereocenters. The Bertz CT molecular complexity index is 1250. The summed E-state index contributed by atoms with van der Waals surface area (Å²) in [6.07, 6.45) is 2.74. The standard InChI is InChI=1S/C24H21FN6O2/c1-15-13-32-23(33-14-15)22-30-20(16-5-7-17(25)8-6-16)21(31-22)19-9-11-27-24(29-19)28-12-18-4-2-3-10-26-18/h2-11,23H,1,12-14H2,(H,30,31)(H,27,28,29). The van der Waals surface area contributed by atoms with E-state index in [-0.39, 0.29) is 5.82 Å². The van der Waals surface area contributed by atoms with Gasteiger partial charge in [-0.1, -0.05) is 12.6 Å². The first-order chi connectivity index (χ1) is 16.2. The van der Waals surface area contributed by atoms with Crippen molar-refractivity contribution in [2.45, 2.75) is 12.8 Å². The van der Waals surface area contributed by atoms with Crippen molar-refractivity contribution in [2.24, 2.45) is 0 Å². The average Bonchev–Trinajstić information content (AvgIpc) is 3.30. The van der Waals surface area contributed by atoms with Crippen LogP contribution in [0, 0.1) is 5.82 Å². The maximum Gasteiger partial charge on any atom is 0.223 e. The van der Waals surface area contributed by atoms with E-state index in [1.807, 2.05) is 18.2 Å². The Morgan fingerprint density at radius 2 is 1.82 bits per heavy atom. The molecule has 1 aliphatic rings. The molecule has 166 valence electrons. The van der Waals surface area contributed by atoms with E-state index < -0.39 is 6.29 Å². The van der Waals surface area contributed by atoms with Crippen molar-refractivity contribution in [3.05, 3.63) is 90.4 Å². The van der Waals surface area contributed by atoms with Crippen LogP contribution in [0.15, 0.2) is 73.1 Å². The zero-order valence-corrected chi connectivity index (χ0v) is 17.7. The lowest BCUT2D eigenvalue weighted by molar-refractivity contribution is -0.165. The summed E-state index contributed by atoms with van der Waals surface area (Å²) in [6, 6.07) is 13.6. The van der Waals surface area contributed by atoms with Crippen molar-refractivity contribution < 1.29 is 13.9 Å². The molecule has 1 fully saturated rings. The first-order valence-corrected chi connectivity index (χ1v) is 10.4. The number of hydrogen-bond acceptors (Lipinski definition) is 7. The first-order valence-electron chi connectivity index (χ1n) is 10.4. The number of aromatic nitrogens is 5. The van der Waals surface area contributed by atoms with Crippen molar-refractivity contribution in [1.29, 1.82) is 0 Å². The molecular formula is C24H21FN6O2. The van der Waals surface area contributed by atoms with Gasteiger partial charge in [0.15, 0.2) is 5.82 Å². The van der Waals surface area contributed by atoms with Crippen LogP contribution >= 0.6 is 0 Å². The van der Waals surface area contributed by atoms with Gasteiger partial charge < -0.3 is 19.8 Å². The highest BCUT2D eigenvalue weighted by Crippen LogP contribution is 2.33. The summed E-state index contributed by atoms with van der Waals surface area (Å²) >= 11 is 0. The summed E-state index contributed by atoms with van der Waals surface area (Å²) in [7, 11) is 0. The molecule has 0 aliphatic carbocycles. The monoisotopic (exact) mass is 444 g/mol. The van der Waals surface area contributed by atoms with Gasteiger partial charge in [0.1, 0.15) is 5.82 Å². The third kappa shape index (κ3) is 4.79. The molecule has 5 rings (SSSR count). The highest BCUT2D eigenvalue weighted by molar-refractivity contribution is 5.77. The topological polar surface area (TPSA) is 97.8 Å². The number of anilines is 1. The van der Waals surface area contributed by atoms with Crippen LogP contribution in [0.3, 0.4) is 0 Å². The van der Waals surface area contributed by atoms with Crippen molar-refractivity contribution in [3.63, 3.8) is 0 Å². The summed E-state index contributed by atoms with van der Waals surface area (Å²) in [5.41, 5.74) is 4.33. The number of H-pyrrole nitrogens is 1. The number of nitrogens with zero attached hydrogens (tertiary/aromatic N) is 4. The molecule has 3 aromatic heterocycles. The van der Waals surface area contributed by atoms with Crippen LogP contribution in [-0.2, 0) is 16.0 Å². The van der Waals surface area contributed by atoms with Gasteiger partial charge in [0.05, 0.1) is 42.5 Å². The van der Waals surface area contributed by atoms with Crippen LogP contribution in [0.25, 0.3) is 22.6 Å². The van der Waals surface area contributed by atoms with Crippen molar-refractivity contribution in [1.82, 2.24) is 24.9 Å². The number of hydrogen-bond donors (Lipinski definition) is 2. The van der Waals surface area contributed by atoms with Gasteiger partial charge in [-0.3, -0.25) is 4.98 Å². The minimum absolute atomic E-state index is 0.323. The molecule has 0 amide bonds. The van der Waals surface area contributed by atoms with E-state index in [0.29, 0.717) is 48.6 Å². The quantitative estimate of drug-likeness (QED) is 0.428. The zero-order valence-electron chi connectivity index (χ0n) is 17.7. The maximum absolute atomic E-state index is 13.5. The van der Waals surface area contributed by atoms with Crippen LogP contribution in [0.4, 0.5) is 10.3 Å². The van der Waals surface area contributed by atoms with Crippen LogP contribution in [0.1, 0.15) is 17.8 Å². The minimum Gasteiger partial charge on any atom is -0.349 e. The molecule has 0 bridgehead atoms. The number of halogens is 1. The second kappa shape index (κ2) is 9.27. The number of pyridine rings is 1. The van der Waals surface area contributed by atoms with E-state index >= 15 is 0 Å². The number of rotatable bonds is 6. The normalized spacial score (nSPS) is 14.4. The van der Waals surface area contributed by atoms with Gasteiger partial charge in [-0.25, -0.2) is 19.3 Å². The SMILES string of the molecule is C=C1COC(c2nc(-c3ccc(F)cc3)c(-c3ccnc(NCc4ccccn4)n3)[nH]2)OC1. The van der Waals surface area contributed by atoms with Gasteiger partial charge >= 0.3 is 0 Å². The Balaban J connectivity index is 1.48. The summed E-state index contributed by atoms with van der Waals surface area (Å²) in [5.74, 6) is 0.621. The molecule has 1 saturated heterocycles. The predicted molar refractivity (Wildman–Crippen MR) is 120 cm³/mol. The summed E-state index contributed by atoms with van der Waals surface area (Å²) in [5, 5.41) is 3.19. The average molecular weight is 444 g/mol. The van der Waals surface area contributed by atoms with E-state index in [4.69, 9.17) is 14.5 Å². The van der Waals surface area contributed by atoms with Gasteiger partial charge in [0.25, 0.3) is 0 Å². The first kappa shape index (κ1) is 20.9. The number of ether oxygens (including phenoxy) is 2. The van der Waals surface area contributed by atoms with Crippen LogP contribution in [0.5, 0.6) is 0 Å². The Kier molecular flexibility index (Phi) is 5.88. The molecule has 33 heavy (non-hydrogen) atoms. The summed E-state index contributed by atoms with van der Waals surface area (Å²) < 4.78 is 25.0. The molecule has 0 saturated carbocycles. The Labute approximate surface area is 189 Å². The largest absolute Gasteiger partial charge is 0.349 e. The third-order valence-electron chi connectivity index (χ3n) is 5.01. The van der Waals surface area contributed by atoms with E-state index in [1.54, 1.807) is 30.6 Å². The zero-order chi connectivity index (χ0) is 22.6. The number of aromatic amines is 1. The molecule has 1 aromatic carbocycles. The second-order valence-electron chi connectivity index (χ2n) is 7.50. The number of imidazole rings is 1. The molecule has 8 nitrogen and oxygen atoms in total. The van der Waals surface area contributed by atoms with Crippen molar-refractivity contribution >= 4 is 5.95 Å². The van der Waals surface area contributed by atoms with Gasteiger partial charge in [-0.15, -0.1) is 0 Å². The lowest BCUT2D eigenvalue weighted by Crippen LogP contribution is -2.20. The number of benzene rings is 1. The molecule has 2 N–H and O–H groups in total. The van der Waals surface area contributed by atoms with Gasteiger partial charge in [-0.2, -0.15) is 0 Å². The van der Waals surface area contributed by atoms with Gasteiger partial charge in [0.2, 0.25) is 12.2 Å². The van der Waals surface area contributed by atoms with E-state index in [9.17, 15) is 4.39 Å². The van der Waals surface area contributed by atoms with Crippen LogP contribution in [0.2, 0.25) is 0 Å². The number of nitrogens with one attached hydrogen (secondary N) is 2. The lowest BCUT2D eigenvalue weighted by Gasteiger charge is -2.22. The van der Waals surface area contributed by atoms with E-state index in [2.05, 4.69) is 31.8 Å². The fourth-order valence-electron chi connectivity index (χ4n) is 3.40.